The molecule has 0 aliphatic rings. The SMILES string of the molecule is Cc1ccc(-c2nnc(SCC(=O)Nc3ccccc3OC(F)F)n2-c2ccccc2C(C)C)cc1. The fourth-order valence-corrected chi connectivity index (χ4v) is 4.48. The van der Waals surface area contributed by atoms with Crippen molar-refractivity contribution in [2.45, 2.75) is 38.5 Å². The largest absolute Gasteiger partial charge is 0.433 e. The number of ether oxygens (including phenoxy) is 1. The molecule has 0 bridgehead atoms. The van der Waals surface area contributed by atoms with Crippen molar-refractivity contribution in [3.63, 3.8) is 0 Å². The summed E-state index contributed by atoms with van der Waals surface area (Å²) in [6, 6.07) is 22.1. The van der Waals surface area contributed by atoms with Crippen molar-refractivity contribution >= 4 is 23.4 Å². The molecule has 0 spiro atoms. The Hall–Kier alpha value is -3.72. The number of nitrogens with one attached hydrogen (secondary N) is 1. The molecule has 1 N–H and O–H groups in total. The number of hydrogen-bond acceptors (Lipinski definition) is 5. The topological polar surface area (TPSA) is 69.0 Å². The lowest BCUT2D eigenvalue weighted by Gasteiger charge is -2.17. The number of hydrogen-bond donors (Lipinski definition) is 1. The number of nitrogens with zero attached hydrogens (tertiary/aromatic N) is 3. The molecule has 1 aromatic heterocycles. The van der Waals surface area contributed by atoms with Gasteiger partial charge in [0.1, 0.15) is 5.75 Å². The Kier molecular flexibility index (Phi) is 8.00. The van der Waals surface area contributed by atoms with Crippen LogP contribution in [0.5, 0.6) is 5.75 Å². The van der Waals surface area contributed by atoms with Crippen LogP contribution in [-0.2, 0) is 4.79 Å². The number of thioether (sulfide) groups is 1. The van der Waals surface area contributed by atoms with Gasteiger partial charge >= 0.3 is 6.61 Å². The van der Waals surface area contributed by atoms with Gasteiger partial charge in [0.15, 0.2) is 11.0 Å². The van der Waals surface area contributed by atoms with Crippen molar-refractivity contribution in [3.05, 3.63) is 83.9 Å². The number of rotatable bonds is 9. The highest BCUT2D eigenvalue weighted by molar-refractivity contribution is 7.99. The van der Waals surface area contributed by atoms with Gasteiger partial charge in [-0.25, -0.2) is 0 Å². The lowest BCUT2D eigenvalue weighted by atomic mass is 10.0. The van der Waals surface area contributed by atoms with Crippen molar-refractivity contribution in [2.75, 3.05) is 11.1 Å². The quantitative estimate of drug-likeness (QED) is 0.255. The number of aromatic nitrogens is 3. The minimum atomic E-state index is -2.99. The maximum atomic E-state index is 12.7. The molecule has 4 aromatic rings. The summed E-state index contributed by atoms with van der Waals surface area (Å²) in [5, 5.41) is 12.0. The van der Waals surface area contributed by atoms with E-state index in [0.29, 0.717) is 11.0 Å². The van der Waals surface area contributed by atoms with Crippen molar-refractivity contribution in [1.29, 1.82) is 0 Å². The summed E-state index contributed by atoms with van der Waals surface area (Å²) in [5.41, 5.74) is 4.27. The van der Waals surface area contributed by atoms with Crippen LogP contribution in [0.25, 0.3) is 17.1 Å². The second-order valence-corrected chi connectivity index (χ2v) is 9.38. The molecule has 0 atom stereocenters. The van der Waals surface area contributed by atoms with Gasteiger partial charge in [0, 0.05) is 5.56 Å². The summed E-state index contributed by atoms with van der Waals surface area (Å²) in [6.07, 6.45) is 0. The average molecular weight is 509 g/mol. The highest BCUT2D eigenvalue weighted by atomic mass is 32.2. The molecule has 186 valence electrons. The molecule has 0 saturated heterocycles. The molecule has 4 rings (SSSR count). The number of aryl methyl sites for hydroxylation is 1. The first-order valence-electron chi connectivity index (χ1n) is 11.4. The predicted molar refractivity (Wildman–Crippen MR) is 138 cm³/mol. The standard InChI is InChI=1S/C27H26F2N4O2S/c1-17(2)20-8-4-6-10-22(20)33-25(19-14-12-18(3)13-15-19)31-32-27(33)36-16-24(34)30-21-9-5-7-11-23(21)35-26(28)29/h4-15,17,26H,16H2,1-3H3,(H,30,34). The molecule has 0 fully saturated rings. The van der Waals surface area contributed by atoms with E-state index in [4.69, 9.17) is 0 Å². The summed E-state index contributed by atoms with van der Waals surface area (Å²) >= 11 is 1.22. The first-order valence-corrected chi connectivity index (χ1v) is 12.4. The van der Waals surface area contributed by atoms with Gasteiger partial charge in [-0.2, -0.15) is 8.78 Å². The Morgan fingerprint density at radius 3 is 2.42 bits per heavy atom. The predicted octanol–water partition coefficient (Wildman–Crippen LogP) is 6.70. The summed E-state index contributed by atoms with van der Waals surface area (Å²) < 4.78 is 31.9. The fraction of sp³-hybridized carbons (Fsp3) is 0.222. The lowest BCUT2D eigenvalue weighted by molar-refractivity contribution is -0.113. The summed E-state index contributed by atoms with van der Waals surface area (Å²) in [5.74, 6) is 0.442. The van der Waals surface area contributed by atoms with Gasteiger partial charge in [0.2, 0.25) is 5.91 Å². The van der Waals surface area contributed by atoms with Gasteiger partial charge in [0.25, 0.3) is 0 Å². The van der Waals surface area contributed by atoms with E-state index in [0.717, 1.165) is 22.4 Å². The van der Waals surface area contributed by atoms with Gasteiger partial charge in [-0.05, 0) is 36.6 Å². The zero-order valence-corrected chi connectivity index (χ0v) is 20.9. The highest BCUT2D eigenvalue weighted by Crippen LogP contribution is 2.32. The second-order valence-electron chi connectivity index (χ2n) is 8.43. The van der Waals surface area contributed by atoms with Crippen LogP contribution in [0.15, 0.2) is 78.0 Å². The van der Waals surface area contributed by atoms with Crippen LogP contribution in [0.4, 0.5) is 14.5 Å². The number of carbonyl (C=O) groups is 1. The molecule has 6 nitrogen and oxygen atoms in total. The third-order valence-corrected chi connectivity index (χ3v) is 6.38. The Labute approximate surface area is 212 Å². The first kappa shape index (κ1) is 25.4. The Bertz CT molecular complexity index is 1340. The van der Waals surface area contributed by atoms with Crippen LogP contribution in [-0.4, -0.2) is 33.0 Å². The number of carbonyl (C=O) groups excluding carboxylic acids is 1. The van der Waals surface area contributed by atoms with E-state index < -0.39 is 6.61 Å². The molecule has 3 aromatic carbocycles. The smallest absolute Gasteiger partial charge is 0.387 e. The molecule has 1 heterocycles. The van der Waals surface area contributed by atoms with Gasteiger partial charge in [-0.1, -0.05) is 85.8 Å². The average Bonchev–Trinajstić information content (AvgIpc) is 3.28. The molecule has 9 heteroatoms. The molecule has 1 amide bonds. The van der Waals surface area contributed by atoms with Crippen LogP contribution >= 0.6 is 11.8 Å². The number of anilines is 1. The third-order valence-electron chi connectivity index (χ3n) is 5.45. The van der Waals surface area contributed by atoms with Crippen LogP contribution in [0, 0.1) is 6.92 Å². The number of alkyl halides is 2. The number of halogens is 2. The third kappa shape index (κ3) is 5.91. The number of amides is 1. The molecule has 0 aliphatic carbocycles. The van der Waals surface area contributed by atoms with Crippen molar-refractivity contribution < 1.29 is 18.3 Å². The maximum absolute atomic E-state index is 12.7. The van der Waals surface area contributed by atoms with Crippen LogP contribution < -0.4 is 10.1 Å². The monoisotopic (exact) mass is 508 g/mol. The normalized spacial score (nSPS) is 11.2. The van der Waals surface area contributed by atoms with E-state index in [2.05, 4.69) is 40.2 Å². The molecule has 36 heavy (non-hydrogen) atoms. The van der Waals surface area contributed by atoms with E-state index in [1.165, 1.54) is 23.9 Å². The summed E-state index contributed by atoms with van der Waals surface area (Å²) in [6.45, 7) is 3.27. The van der Waals surface area contributed by atoms with Crippen molar-refractivity contribution in [3.8, 4) is 22.8 Å². The van der Waals surface area contributed by atoms with Gasteiger partial charge in [-0.15, -0.1) is 10.2 Å². The minimum Gasteiger partial charge on any atom is -0.433 e. The van der Waals surface area contributed by atoms with Crippen molar-refractivity contribution in [2.24, 2.45) is 0 Å². The molecular formula is C27H26F2N4O2S. The van der Waals surface area contributed by atoms with Crippen LogP contribution in [0.1, 0.15) is 30.9 Å². The Balaban J connectivity index is 1.63. The van der Waals surface area contributed by atoms with E-state index in [-0.39, 0.29) is 29.0 Å². The Morgan fingerprint density at radius 1 is 1.00 bits per heavy atom. The maximum Gasteiger partial charge on any atom is 0.387 e. The summed E-state index contributed by atoms with van der Waals surface area (Å²) in [4.78, 5) is 12.7. The minimum absolute atomic E-state index is 0.00110. The Morgan fingerprint density at radius 2 is 1.69 bits per heavy atom. The number of para-hydroxylation sites is 3. The summed E-state index contributed by atoms with van der Waals surface area (Å²) in [7, 11) is 0. The zero-order valence-electron chi connectivity index (χ0n) is 20.1. The second kappa shape index (κ2) is 11.3. The van der Waals surface area contributed by atoms with Crippen LogP contribution in [0.3, 0.4) is 0 Å². The van der Waals surface area contributed by atoms with E-state index >= 15 is 0 Å². The van der Waals surface area contributed by atoms with E-state index in [1.54, 1.807) is 12.1 Å². The molecule has 0 radical (unpaired) electrons. The molecule has 0 aliphatic heterocycles. The lowest BCUT2D eigenvalue weighted by Crippen LogP contribution is -2.16. The highest BCUT2D eigenvalue weighted by Gasteiger charge is 2.20. The molecule has 0 unspecified atom stereocenters. The molecule has 0 saturated carbocycles. The van der Waals surface area contributed by atoms with Crippen LogP contribution in [0.2, 0.25) is 0 Å². The van der Waals surface area contributed by atoms with Gasteiger partial charge in [-0.3, -0.25) is 9.36 Å². The number of benzene rings is 3. The van der Waals surface area contributed by atoms with Gasteiger partial charge in [0.05, 0.1) is 17.1 Å². The first-order chi connectivity index (χ1) is 17.3. The fourth-order valence-electron chi connectivity index (χ4n) is 3.73. The zero-order chi connectivity index (χ0) is 25.7. The van der Waals surface area contributed by atoms with Gasteiger partial charge < -0.3 is 10.1 Å². The van der Waals surface area contributed by atoms with Crippen molar-refractivity contribution in [1.82, 2.24) is 14.8 Å². The van der Waals surface area contributed by atoms with E-state index in [1.807, 2.05) is 54.0 Å². The molecular weight excluding hydrogens is 482 g/mol. The van der Waals surface area contributed by atoms with E-state index in [9.17, 15) is 13.6 Å².